The van der Waals surface area contributed by atoms with E-state index < -0.39 is 0 Å². The first-order valence-electron chi connectivity index (χ1n) is 4.69. The van der Waals surface area contributed by atoms with Gasteiger partial charge in [-0.2, -0.15) is 0 Å². The lowest BCUT2D eigenvalue weighted by molar-refractivity contribution is -0.142. The second-order valence-electron chi connectivity index (χ2n) is 3.22. The molecular weight excluding hydrogens is 178 g/mol. The fourth-order valence-corrected chi connectivity index (χ4v) is 1.50. The largest absolute Gasteiger partial charge is 0.469 e. The monoisotopic (exact) mass is 193 g/mol. The summed E-state index contributed by atoms with van der Waals surface area (Å²) in [5.74, 6) is -0.378. The van der Waals surface area contributed by atoms with Gasteiger partial charge in [-0.05, 0) is 30.5 Å². The Morgan fingerprint density at radius 2 is 2.36 bits per heavy atom. The van der Waals surface area contributed by atoms with E-state index in [4.69, 9.17) is 4.74 Å². The Morgan fingerprint density at radius 3 is 2.86 bits per heavy atom. The lowest BCUT2D eigenvalue weighted by atomic mass is 9.95. The number of aromatic nitrogens is 1. The lowest BCUT2D eigenvalue weighted by Crippen LogP contribution is -2.14. The van der Waals surface area contributed by atoms with Crippen molar-refractivity contribution in [3.8, 4) is 0 Å². The third-order valence-corrected chi connectivity index (χ3v) is 2.35. The Balaban J connectivity index is 3.01. The predicted molar refractivity (Wildman–Crippen MR) is 54.0 cm³/mol. The van der Waals surface area contributed by atoms with E-state index >= 15 is 0 Å². The molecular formula is C11H15NO2. The van der Waals surface area contributed by atoms with Crippen LogP contribution in [0.2, 0.25) is 0 Å². The molecule has 0 aromatic carbocycles. The number of nitrogens with zero attached hydrogens (tertiary/aromatic N) is 1. The molecule has 0 spiro atoms. The number of esters is 1. The first-order valence-corrected chi connectivity index (χ1v) is 4.69. The van der Waals surface area contributed by atoms with E-state index in [2.05, 4.69) is 4.98 Å². The molecule has 3 heteroatoms. The average Bonchev–Trinajstić information content (AvgIpc) is 2.21. The molecule has 1 atom stereocenters. The molecule has 1 aromatic heterocycles. The van der Waals surface area contributed by atoms with Crippen LogP contribution in [0.1, 0.15) is 30.4 Å². The minimum atomic E-state index is -0.191. The van der Waals surface area contributed by atoms with E-state index in [1.54, 1.807) is 12.4 Å². The third kappa shape index (κ3) is 2.10. The number of aryl methyl sites for hydroxylation is 1. The normalized spacial score (nSPS) is 12.2. The van der Waals surface area contributed by atoms with Gasteiger partial charge < -0.3 is 4.74 Å². The van der Waals surface area contributed by atoms with Gasteiger partial charge in [0.05, 0.1) is 13.0 Å². The van der Waals surface area contributed by atoms with E-state index in [1.807, 2.05) is 19.9 Å². The van der Waals surface area contributed by atoms with Crippen LogP contribution in [-0.4, -0.2) is 18.1 Å². The molecule has 1 aromatic rings. The van der Waals surface area contributed by atoms with Gasteiger partial charge in [-0.3, -0.25) is 9.78 Å². The standard InChI is InChI=1S/C11H15NO2/c1-4-9(11(13)14-3)10-7-12-6-5-8(10)2/h5-7,9H,4H2,1-3H3. The molecule has 1 unspecified atom stereocenters. The quantitative estimate of drug-likeness (QED) is 0.690. The highest BCUT2D eigenvalue weighted by Gasteiger charge is 2.20. The summed E-state index contributed by atoms with van der Waals surface area (Å²) in [6.07, 6.45) is 4.20. The Bertz CT molecular complexity index is 323. The molecule has 0 aliphatic heterocycles. The van der Waals surface area contributed by atoms with E-state index in [1.165, 1.54) is 7.11 Å². The van der Waals surface area contributed by atoms with Crippen LogP contribution < -0.4 is 0 Å². The molecule has 14 heavy (non-hydrogen) atoms. The molecule has 0 N–H and O–H groups in total. The molecule has 1 heterocycles. The number of rotatable bonds is 3. The van der Waals surface area contributed by atoms with Gasteiger partial charge in [-0.25, -0.2) is 0 Å². The fraction of sp³-hybridized carbons (Fsp3) is 0.455. The maximum Gasteiger partial charge on any atom is 0.313 e. The molecule has 0 amide bonds. The van der Waals surface area contributed by atoms with Crippen LogP contribution in [0.5, 0.6) is 0 Å². The molecule has 0 bridgehead atoms. The smallest absolute Gasteiger partial charge is 0.313 e. The summed E-state index contributed by atoms with van der Waals surface area (Å²) in [5.41, 5.74) is 2.04. The molecule has 3 nitrogen and oxygen atoms in total. The zero-order valence-electron chi connectivity index (χ0n) is 8.78. The van der Waals surface area contributed by atoms with Crippen molar-refractivity contribution in [1.82, 2.24) is 4.98 Å². The topological polar surface area (TPSA) is 39.2 Å². The van der Waals surface area contributed by atoms with Gasteiger partial charge in [0.1, 0.15) is 0 Å². The number of carbonyl (C=O) groups excluding carboxylic acids is 1. The maximum atomic E-state index is 11.4. The van der Waals surface area contributed by atoms with Crippen LogP contribution in [0.15, 0.2) is 18.5 Å². The Kier molecular flexibility index (Phi) is 3.63. The van der Waals surface area contributed by atoms with E-state index in [-0.39, 0.29) is 11.9 Å². The van der Waals surface area contributed by atoms with Crippen LogP contribution in [0, 0.1) is 6.92 Å². The van der Waals surface area contributed by atoms with Crippen LogP contribution in [0.4, 0.5) is 0 Å². The van der Waals surface area contributed by atoms with Crippen molar-refractivity contribution >= 4 is 5.97 Å². The third-order valence-electron chi connectivity index (χ3n) is 2.35. The summed E-state index contributed by atoms with van der Waals surface area (Å²) >= 11 is 0. The molecule has 0 saturated carbocycles. The molecule has 0 fully saturated rings. The maximum absolute atomic E-state index is 11.4. The van der Waals surface area contributed by atoms with Crippen LogP contribution in [0.3, 0.4) is 0 Å². The summed E-state index contributed by atoms with van der Waals surface area (Å²) in [5, 5.41) is 0. The zero-order valence-corrected chi connectivity index (χ0v) is 8.78. The first-order chi connectivity index (χ1) is 6.70. The van der Waals surface area contributed by atoms with Crippen molar-refractivity contribution in [2.45, 2.75) is 26.2 Å². The number of hydrogen-bond acceptors (Lipinski definition) is 3. The highest BCUT2D eigenvalue weighted by Crippen LogP contribution is 2.22. The highest BCUT2D eigenvalue weighted by molar-refractivity contribution is 5.78. The number of pyridine rings is 1. The zero-order chi connectivity index (χ0) is 10.6. The van der Waals surface area contributed by atoms with Gasteiger partial charge >= 0.3 is 5.97 Å². The van der Waals surface area contributed by atoms with E-state index in [0.29, 0.717) is 0 Å². The minimum Gasteiger partial charge on any atom is -0.469 e. The second kappa shape index (κ2) is 4.74. The molecule has 76 valence electrons. The van der Waals surface area contributed by atoms with Gasteiger partial charge in [0.25, 0.3) is 0 Å². The van der Waals surface area contributed by atoms with Crippen molar-refractivity contribution in [3.63, 3.8) is 0 Å². The van der Waals surface area contributed by atoms with Crippen molar-refractivity contribution in [3.05, 3.63) is 29.6 Å². The predicted octanol–water partition coefficient (Wildman–Crippen LogP) is 2.06. The summed E-state index contributed by atoms with van der Waals surface area (Å²) in [7, 11) is 1.41. The lowest BCUT2D eigenvalue weighted by Gasteiger charge is -2.14. The Hall–Kier alpha value is -1.38. The van der Waals surface area contributed by atoms with Gasteiger partial charge in [-0.15, -0.1) is 0 Å². The Morgan fingerprint density at radius 1 is 1.64 bits per heavy atom. The van der Waals surface area contributed by atoms with Crippen molar-refractivity contribution in [1.29, 1.82) is 0 Å². The van der Waals surface area contributed by atoms with Crippen molar-refractivity contribution in [2.24, 2.45) is 0 Å². The molecule has 1 rings (SSSR count). The summed E-state index contributed by atoms with van der Waals surface area (Å²) in [6, 6.07) is 1.90. The number of carbonyl (C=O) groups is 1. The van der Waals surface area contributed by atoms with Crippen LogP contribution in [-0.2, 0) is 9.53 Å². The number of methoxy groups -OCH3 is 1. The summed E-state index contributed by atoms with van der Waals surface area (Å²) in [4.78, 5) is 15.5. The van der Waals surface area contributed by atoms with Gasteiger partial charge in [0.2, 0.25) is 0 Å². The van der Waals surface area contributed by atoms with Crippen molar-refractivity contribution < 1.29 is 9.53 Å². The minimum absolute atomic E-state index is 0.186. The van der Waals surface area contributed by atoms with E-state index in [9.17, 15) is 4.79 Å². The second-order valence-corrected chi connectivity index (χ2v) is 3.22. The average molecular weight is 193 g/mol. The fourth-order valence-electron chi connectivity index (χ4n) is 1.50. The molecule has 0 saturated heterocycles. The molecule has 0 aliphatic carbocycles. The number of ether oxygens (including phenoxy) is 1. The summed E-state index contributed by atoms with van der Waals surface area (Å²) in [6.45, 7) is 3.94. The molecule has 0 aliphatic rings. The first kappa shape index (κ1) is 10.7. The van der Waals surface area contributed by atoms with Crippen LogP contribution >= 0.6 is 0 Å². The van der Waals surface area contributed by atoms with Gasteiger partial charge in [-0.1, -0.05) is 6.92 Å². The SMILES string of the molecule is CCC(C(=O)OC)c1cnccc1C. The van der Waals surface area contributed by atoms with Crippen molar-refractivity contribution in [2.75, 3.05) is 7.11 Å². The van der Waals surface area contributed by atoms with Gasteiger partial charge in [0.15, 0.2) is 0 Å². The Labute approximate surface area is 84.1 Å². The summed E-state index contributed by atoms with van der Waals surface area (Å²) < 4.78 is 4.75. The van der Waals surface area contributed by atoms with E-state index in [0.717, 1.165) is 17.5 Å². The highest BCUT2D eigenvalue weighted by atomic mass is 16.5. The van der Waals surface area contributed by atoms with Crippen LogP contribution in [0.25, 0.3) is 0 Å². The molecule has 0 radical (unpaired) electrons. The van der Waals surface area contributed by atoms with Gasteiger partial charge in [0, 0.05) is 12.4 Å². The number of hydrogen-bond donors (Lipinski definition) is 0.